The third-order valence-corrected chi connectivity index (χ3v) is 2.71. The highest BCUT2D eigenvalue weighted by Gasteiger charge is 2.14. The number of aromatic nitrogens is 2. The van der Waals surface area contributed by atoms with Crippen molar-refractivity contribution in [3.63, 3.8) is 0 Å². The summed E-state index contributed by atoms with van der Waals surface area (Å²) in [6.07, 6.45) is 0. The van der Waals surface area contributed by atoms with Crippen molar-refractivity contribution < 1.29 is 9.47 Å². The van der Waals surface area contributed by atoms with Crippen molar-refractivity contribution in [1.82, 2.24) is 9.97 Å². The van der Waals surface area contributed by atoms with Crippen molar-refractivity contribution in [1.29, 1.82) is 0 Å². The van der Waals surface area contributed by atoms with Gasteiger partial charge in [0.2, 0.25) is 0 Å². The van der Waals surface area contributed by atoms with Crippen LogP contribution in [-0.2, 0) is 16.1 Å². The minimum atomic E-state index is 0.180. The molecule has 0 radical (unpaired) electrons. The minimum Gasteiger partial charge on any atom is -0.384 e. The Morgan fingerprint density at radius 1 is 1.37 bits per heavy atom. The van der Waals surface area contributed by atoms with Crippen molar-refractivity contribution >= 4 is 11.6 Å². The maximum Gasteiger partial charge on any atom is 0.158 e. The molecule has 108 valence electrons. The fourth-order valence-corrected chi connectivity index (χ4v) is 1.62. The molecule has 0 saturated carbocycles. The predicted octanol–water partition coefficient (Wildman–Crippen LogP) is 1.68. The molecule has 0 aromatic carbocycles. The molecule has 6 nitrogen and oxygen atoms in total. The van der Waals surface area contributed by atoms with E-state index in [1.54, 1.807) is 13.2 Å². The number of methoxy groups -OCH3 is 1. The van der Waals surface area contributed by atoms with Gasteiger partial charge in [-0.15, -0.1) is 0 Å². The molecule has 1 aromatic rings. The Labute approximate surface area is 114 Å². The minimum absolute atomic E-state index is 0.180. The fourth-order valence-electron chi connectivity index (χ4n) is 1.62. The highest BCUT2D eigenvalue weighted by Crippen LogP contribution is 2.14. The molecule has 0 aliphatic carbocycles. The van der Waals surface area contributed by atoms with E-state index in [0.29, 0.717) is 43.2 Å². The molecule has 1 heterocycles. The van der Waals surface area contributed by atoms with E-state index in [1.807, 2.05) is 6.92 Å². The third kappa shape index (κ3) is 5.40. The number of nitrogens with two attached hydrogens (primary N) is 1. The van der Waals surface area contributed by atoms with Gasteiger partial charge in [0.25, 0.3) is 0 Å². The van der Waals surface area contributed by atoms with Gasteiger partial charge in [-0.05, 0) is 12.8 Å². The molecule has 1 rings (SSSR count). The van der Waals surface area contributed by atoms with E-state index in [0.717, 1.165) is 0 Å². The summed E-state index contributed by atoms with van der Waals surface area (Å²) in [5.74, 6) is 2.15. The molecule has 3 N–H and O–H groups in total. The van der Waals surface area contributed by atoms with Gasteiger partial charge in [0, 0.05) is 19.8 Å². The lowest BCUT2D eigenvalue weighted by atomic mass is 10.1. The number of ether oxygens (including phenoxy) is 2. The van der Waals surface area contributed by atoms with Gasteiger partial charge in [-0.1, -0.05) is 13.8 Å². The van der Waals surface area contributed by atoms with Gasteiger partial charge in [0.15, 0.2) is 5.82 Å². The van der Waals surface area contributed by atoms with Crippen LogP contribution in [0, 0.1) is 5.92 Å². The SMILES string of the molecule is CCOCc1nc(N)cc(NC(COC)C(C)C)n1. The van der Waals surface area contributed by atoms with Crippen LogP contribution < -0.4 is 11.1 Å². The average Bonchev–Trinajstić information content (AvgIpc) is 2.35. The van der Waals surface area contributed by atoms with E-state index < -0.39 is 0 Å². The lowest BCUT2D eigenvalue weighted by Crippen LogP contribution is -2.31. The van der Waals surface area contributed by atoms with E-state index in [9.17, 15) is 0 Å². The maximum absolute atomic E-state index is 5.78. The Balaban J connectivity index is 2.78. The quantitative estimate of drug-likeness (QED) is 0.746. The first-order valence-electron chi connectivity index (χ1n) is 6.53. The molecule has 0 saturated heterocycles. The summed E-state index contributed by atoms with van der Waals surface area (Å²) in [7, 11) is 1.69. The lowest BCUT2D eigenvalue weighted by Gasteiger charge is -2.22. The Hall–Kier alpha value is -1.40. The van der Waals surface area contributed by atoms with Crippen LogP contribution in [0.1, 0.15) is 26.6 Å². The summed E-state index contributed by atoms with van der Waals surface area (Å²) in [4.78, 5) is 8.53. The molecule has 0 spiro atoms. The van der Waals surface area contributed by atoms with Crippen molar-refractivity contribution in [2.24, 2.45) is 5.92 Å². The highest BCUT2D eigenvalue weighted by molar-refractivity contribution is 5.45. The van der Waals surface area contributed by atoms with Crippen LogP contribution in [0.15, 0.2) is 6.07 Å². The van der Waals surface area contributed by atoms with Crippen molar-refractivity contribution in [3.8, 4) is 0 Å². The van der Waals surface area contributed by atoms with E-state index in [4.69, 9.17) is 15.2 Å². The number of nitrogens with zero attached hydrogens (tertiary/aromatic N) is 2. The Morgan fingerprint density at radius 3 is 2.68 bits per heavy atom. The molecule has 6 heteroatoms. The second kappa shape index (κ2) is 7.91. The second-order valence-corrected chi connectivity index (χ2v) is 4.68. The molecule has 0 aliphatic heterocycles. The van der Waals surface area contributed by atoms with Crippen LogP contribution in [-0.4, -0.2) is 36.3 Å². The molecule has 0 aliphatic rings. The van der Waals surface area contributed by atoms with Crippen LogP contribution >= 0.6 is 0 Å². The van der Waals surface area contributed by atoms with Gasteiger partial charge >= 0.3 is 0 Å². The molecule has 0 bridgehead atoms. The van der Waals surface area contributed by atoms with E-state index >= 15 is 0 Å². The molecule has 1 unspecified atom stereocenters. The summed E-state index contributed by atoms with van der Waals surface area (Å²) in [5.41, 5.74) is 5.78. The molecule has 0 fully saturated rings. The van der Waals surface area contributed by atoms with Crippen LogP contribution in [0.2, 0.25) is 0 Å². The summed E-state index contributed by atoms with van der Waals surface area (Å²) in [6.45, 7) is 7.79. The van der Waals surface area contributed by atoms with Gasteiger partial charge in [0.05, 0.1) is 12.6 Å². The summed E-state index contributed by atoms with van der Waals surface area (Å²) in [6, 6.07) is 1.90. The van der Waals surface area contributed by atoms with Crippen LogP contribution in [0.3, 0.4) is 0 Å². The molecule has 1 atom stereocenters. The number of nitrogens with one attached hydrogen (secondary N) is 1. The zero-order chi connectivity index (χ0) is 14.3. The highest BCUT2D eigenvalue weighted by atomic mass is 16.5. The number of anilines is 2. The van der Waals surface area contributed by atoms with Crippen molar-refractivity contribution in [2.75, 3.05) is 31.4 Å². The summed E-state index contributed by atoms with van der Waals surface area (Å²) >= 11 is 0. The van der Waals surface area contributed by atoms with Crippen molar-refractivity contribution in [2.45, 2.75) is 33.4 Å². The predicted molar refractivity (Wildman–Crippen MR) is 75.9 cm³/mol. The average molecular weight is 268 g/mol. The Bertz CT molecular complexity index is 385. The standard InChI is InChI=1S/C13H24N4O2/c1-5-19-8-13-16-11(14)6-12(17-13)15-10(7-18-4)9(2)3/h6,9-10H,5,7-8H2,1-4H3,(H3,14,15,16,17). The zero-order valence-electron chi connectivity index (χ0n) is 12.1. The van der Waals surface area contributed by atoms with Crippen LogP contribution in [0.4, 0.5) is 11.6 Å². The van der Waals surface area contributed by atoms with Gasteiger partial charge in [-0.3, -0.25) is 0 Å². The molecular weight excluding hydrogens is 244 g/mol. The number of rotatable bonds is 8. The molecular formula is C13H24N4O2. The van der Waals surface area contributed by atoms with Crippen LogP contribution in [0.25, 0.3) is 0 Å². The number of hydrogen-bond donors (Lipinski definition) is 2. The second-order valence-electron chi connectivity index (χ2n) is 4.68. The fraction of sp³-hybridized carbons (Fsp3) is 0.692. The zero-order valence-corrected chi connectivity index (χ0v) is 12.1. The molecule has 19 heavy (non-hydrogen) atoms. The molecule has 1 aromatic heterocycles. The first-order valence-corrected chi connectivity index (χ1v) is 6.53. The lowest BCUT2D eigenvalue weighted by molar-refractivity contribution is 0.128. The first-order chi connectivity index (χ1) is 9.06. The van der Waals surface area contributed by atoms with E-state index in [2.05, 4.69) is 29.1 Å². The van der Waals surface area contributed by atoms with E-state index in [1.165, 1.54) is 0 Å². The monoisotopic (exact) mass is 268 g/mol. The number of nitrogen functional groups attached to an aromatic ring is 1. The van der Waals surface area contributed by atoms with Gasteiger partial charge in [0.1, 0.15) is 18.2 Å². The van der Waals surface area contributed by atoms with Crippen molar-refractivity contribution in [3.05, 3.63) is 11.9 Å². The Morgan fingerprint density at radius 2 is 2.11 bits per heavy atom. The third-order valence-electron chi connectivity index (χ3n) is 2.71. The Kier molecular flexibility index (Phi) is 6.52. The van der Waals surface area contributed by atoms with Crippen LogP contribution in [0.5, 0.6) is 0 Å². The summed E-state index contributed by atoms with van der Waals surface area (Å²) in [5, 5.41) is 3.33. The normalized spacial score (nSPS) is 12.7. The number of hydrogen-bond acceptors (Lipinski definition) is 6. The van der Waals surface area contributed by atoms with Gasteiger partial charge in [-0.2, -0.15) is 0 Å². The summed E-state index contributed by atoms with van der Waals surface area (Å²) < 4.78 is 10.5. The van der Waals surface area contributed by atoms with Gasteiger partial charge < -0.3 is 20.5 Å². The molecule has 0 amide bonds. The topological polar surface area (TPSA) is 82.3 Å². The first kappa shape index (κ1) is 15.7. The smallest absolute Gasteiger partial charge is 0.158 e. The maximum atomic E-state index is 5.78. The largest absolute Gasteiger partial charge is 0.384 e. The van der Waals surface area contributed by atoms with Gasteiger partial charge in [-0.25, -0.2) is 9.97 Å². The van der Waals surface area contributed by atoms with E-state index in [-0.39, 0.29) is 6.04 Å².